The molecule has 1 rings (SSSR count). The molecule has 0 aliphatic rings. The van der Waals surface area contributed by atoms with E-state index in [1.807, 2.05) is 0 Å². The fraction of sp³-hybridized carbons (Fsp3) is 0.385. The van der Waals surface area contributed by atoms with Crippen LogP contribution in [-0.2, 0) is 9.59 Å². The van der Waals surface area contributed by atoms with E-state index in [9.17, 15) is 14.7 Å². The van der Waals surface area contributed by atoms with Crippen LogP contribution in [-0.4, -0.2) is 16.8 Å². The molecule has 0 radical (unpaired) electrons. The Balaban J connectivity index is 2.71. The van der Waals surface area contributed by atoms with Crippen molar-refractivity contribution in [1.29, 1.82) is 0 Å². The van der Waals surface area contributed by atoms with Gasteiger partial charge in [-0.05, 0) is 18.2 Å². The van der Waals surface area contributed by atoms with E-state index in [2.05, 4.69) is 21.2 Å². The Hall–Kier alpha value is -1.36. The third kappa shape index (κ3) is 4.14. The van der Waals surface area contributed by atoms with Gasteiger partial charge in [0.1, 0.15) is 11.5 Å². The van der Waals surface area contributed by atoms with E-state index in [-0.39, 0.29) is 23.6 Å². The van der Waals surface area contributed by atoms with Gasteiger partial charge in [0.05, 0.1) is 12.1 Å². The maximum atomic E-state index is 11.7. The lowest BCUT2D eigenvalue weighted by Crippen LogP contribution is -2.26. The third-order valence-electron chi connectivity index (χ3n) is 2.39. The van der Waals surface area contributed by atoms with Crippen molar-refractivity contribution in [1.82, 2.24) is 0 Å². The van der Waals surface area contributed by atoms with Crippen LogP contribution in [0.25, 0.3) is 0 Å². The molecule has 0 aromatic heterocycles. The first kappa shape index (κ1) is 14.7. The number of carbonyl (C=O) groups excluding carboxylic acids is 2. The molecule has 0 aliphatic heterocycles. The minimum atomic E-state index is -0.545. The SMILES string of the molecule is CC(C)(C)C(=O)CC(=O)Nc1cc(Br)ccc1O. The van der Waals surface area contributed by atoms with Crippen LogP contribution in [0, 0.1) is 5.41 Å². The molecule has 0 heterocycles. The molecule has 0 unspecified atom stereocenters. The van der Waals surface area contributed by atoms with Gasteiger partial charge in [0.15, 0.2) is 0 Å². The highest BCUT2D eigenvalue weighted by atomic mass is 79.9. The summed E-state index contributed by atoms with van der Waals surface area (Å²) in [5, 5.41) is 12.1. The van der Waals surface area contributed by atoms with Gasteiger partial charge in [0, 0.05) is 9.89 Å². The molecule has 18 heavy (non-hydrogen) atoms. The van der Waals surface area contributed by atoms with Crippen molar-refractivity contribution < 1.29 is 14.7 Å². The molecule has 0 spiro atoms. The Morgan fingerprint density at radius 2 is 1.94 bits per heavy atom. The van der Waals surface area contributed by atoms with E-state index in [1.54, 1.807) is 32.9 Å². The molecule has 98 valence electrons. The number of carbonyl (C=O) groups is 2. The second kappa shape index (κ2) is 5.52. The zero-order valence-corrected chi connectivity index (χ0v) is 12.2. The van der Waals surface area contributed by atoms with Crippen LogP contribution in [0.1, 0.15) is 27.2 Å². The van der Waals surface area contributed by atoms with E-state index >= 15 is 0 Å². The molecule has 5 heteroatoms. The number of phenols is 1. The van der Waals surface area contributed by atoms with Crippen LogP contribution in [0.15, 0.2) is 22.7 Å². The number of Topliss-reactive ketones (excluding diaryl/α,β-unsaturated/α-hetero) is 1. The summed E-state index contributed by atoms with van der Waals surface area (Å²) in [6.45, 7) is 5.29. The lowest BCUT2D eigenvalue weighted by molar-refractivity contribution is -0.130. The van der Waals surface area contributed by atoms with Crippen molar-refractivity contribution in [3.63, 3.8) is 0 Å². The smallest absolute Gasteiger partial charge is 0.231 e. The maximum Gasteiger partial charge on any atom is 0.231 e. The Bertz CT molecular complexity index is 478. The summed E-state index contributed by atoms with van der Waals surface area (Å²) in [5.41, 5.74) is -0.257. The molecule has 0 saturated heterocycles. The molecule has 0 atom stereocenters. The van der Waals surface area contributed by atoms with E-state index < -0.39 is 11.3 Å². The number of aromatic hydroxyl groups is 1. The minimum Gasteiger partial charge on any atom is -0.506 e. The van der Waals surface area contributed by atoms with Gasteiger partial charge in [-0.1, -0.05) is 36.7 Å². The van der Waals surface area contributed by atoms with Crippen LogP contribution in [0.5, 0.6) is 5.75 Å². The quantitative estimate of drug-likeness (QED) is 0.665. The second-order valence-corrected chi connectivity index (χ2v) is 5.98. The number of rotatable bonds is 3. The number of hydrogen-bond donors (Lipinski definition) is 2. The summed E-state index contributed by atoms with van der Waals surface area (Å²) in [6, 6.07) is 4.70. The fourth-order valence-corrected chi connectivity index (χ4v) is 1.57. The number of anilines is 1. The highest BCUT2D eigenvalue weighted by Crippen LogP contribution is 2.27. The van der Waals surface area contributed by atoms with Gasteiger partial charge in [0.2, 0.25) is 5.91 Å². The number of ketones is 1. The number of hydrogen-bond acceptors (Lipinski definition) is 3. The Labute approximate surface area is 115 Å². The lowest BCUT2D eigenvalue weighted by Gasteiger charge is -2.16. The summed E-state index contributed by atoms with van der Waals surface area (Å²) >= 11 is 3.24. The van der Waals surface area contributed by atoms with E-state index in [1.165, 1.54) is 6.07 Å². The van der Waals surface area contributed by atoms with Gasteiger partial charge in [-0.2, -0.15) is 0 Å². The topological polar surface area (TPSA) is 66.4 Å². The van der Waals surface area contributed by atoms with E-state index in [0.29, 0.717) is 0 Å². The molecule has 1 amide bonds. The van der Waals surface area contributed by atoms with Crippen LogP contribution in [0.3, 0.4) is 0 Å². The zero-order valence-electron chi connectivity index (χ0n) is 10.6. The first-order valence-electron chi connectivity index (χ1n) is 5.52. The van der Waals surface area contributed by atoms with Crippen molar-refractivity contribution in [2.45, 2.75) is 27.2 Å². The summed E-state index contributed by atoms with van der Waals surface area (Å²) in [6.07, 6.45) is -0.199. The summed E-state index contributed by atoms with van der Waals surface area (Å²) < 4.78 is 0.734. The molecule has 0 fully saturated rings. The van der Waals surface area contributed by atoms with E-state index in [4.69, 9.17) is 0 Å². The Kier molecular flexibility index (Phi) is 4.51. The first-order valence-corrected chi connectivity index (χ1v) is 6.31. The minimum absolute atomic E-state index is 0.0326. The number of halogens is 1. The summed E-state index contributed by atoms with van der Waals surface area (Å²) in [4.78, 5) is 23.4. The molecule has 1 aromatic rings. The molecule has 0 bridgehead atoms. The van der Waals surface area contributed by atoms with Gasteiger partial charge >= 0.3 is 0 Å². The molecular formula is C13H16BrNO3. The number of benzene rings is 1. The average Bonchev–Trinajstić information content (AvgIpc) is 2.22. The van der Waals surface area contributed by atoms with Gasteiger partial charge in [0.25, 0.3) is 0 Å². The number of nitrogens with one attached hydrogen (secondary N) is 1. The van der Waals surface area contributed by atoms with Gasteiger partial charge in [-0.25, -0.2) is 0 Å². The monoisotopic (exact) mass is 313 g/mol. The summed E-state index contributed by atoms with van der Waals surface area (Å²) in [5.74, 6) is -0.604. The zero-order chi connectivity index (χ0) is 13.9. The van der Waals surface area contributed by atoms with Crippen molar-refractivity contribution >= 4 is 33.3 Å². The highest BCUT2D eigenvalue weighted by Gasteiger charge is 2.23. The largest absolute Gasteiger partial charge is 0.506 e. The van der Waals surface area contributed by atoms with Gasteiger partial charge in [-0.15, -0.1) is 0 Å². The van der Waals surface area contributed by atoms with Gasteiger partial charge in [-0.3, -0.25) is 9.59 Å². The molecule has 4 nitrogen and oxygen atoms in total. The standard InChI is InChI=1S/C13H16BrNO3/c1-13(2,3)11(17)7-12(18)15-9-6-8(14)4-5-10(9)16/h4-6,16H,7H2,1-3H3,(H,15,18). The van der Waals surface area contributed by atoms with Crippen molar-refractivity contribution in [2.24, 2.45) is 5.41 Å². The average molecular weight is 314 g/mol. The normalized spacial score (nSPS) is 11.1. The lowest BCUT2D eigenvalue weighted by atomic mass is 9.89. The molecular weight excluding hydrogens is 298 g/mol. The van der Waals surface area contributed by atoms with Crippen LogP contribution < -0.4 is 5.32 Å². The van der Waals surface area contributed by atoms with Crippen molar-refractivity contribution in [3.05, 3.63) is 22.7 Å². The number of amides is 1. The summed E-state index contributed by atoms with van der Waals surface area (Å²) in [7, 11) is 0. The molecule has 1 aromatic carbocycles. The predicted octanol–water partition coefficient (Wildman–Crippen LogP) is 3.10. The molecule has 0 saturated carbocycles. The fourth-order valence-electron chi connectivity index (χ4n) is 1.21. The molecule has 2 N–H and O–H groups in total. The predicted molar refractivity (Wildman–Crippen MR) is 73.5 cm³/mol. The Morgan fingerprint density at radius 1 is 1.33 bits per heavy atom. The van der Waals surface area contributed by atoms with Crippen molar-refractivity contribution in [3.8, 4) is 5.75 Å². The molecule has 0 aliphatic carbocycles. The highest BCUT2D eigenvalue weighted by molar-refractivity contribution is 9.10. The van der Waals surface area contributed by atoms with Crippen LogP contribution in [0.2, 0.25) is 0 Å². The van der Waals surface area contributed by atoms with Gasteiger partial charge < -0.3 is 10.4 Å². The third-order valence-corrected chi connectivity index (χ3v) is 2.88. The first-order chi connectivity index (χ1) is 8.20. The maximum absolute atomic E-state index is 11.7. The van der Waals surface area contributed by atoms with Crippen LogP contribution >= 0.6 is 15.9 Å². The Morgan fingerprint density at radius 3 is 2.50 bits per heavy atom. The second-order valence-electron chi connectivity index (χ2n) is 5.06. The van der Waals surface area contributed by atoms with Crippen molar-refractivity contribution in [2.75, 3.05) is 5.32 Å². The van der Waals surface area contributed by atoms with E-state index in [0.717, 1.165) is 4.47 Å². The van der Waals surface area contributed by atoms with Crippen LogP contribution in [0.4, 0.5) is 5.69 Å². The number of phenolic OH excluding ortho intramolecular Hbond substituents is 1.